The zero-order chi connectivity index (χ0) is 12.0. The molecule has 2 heterocycles. The molecule has 1 saturated heterocycles. The quantitative estimate of drug-likeness (QED) is 0.830. The first-order valence-corrected chi connectivity index (χ1v) is 7.75. The van der Waals surface area contributed by atoms with Gasteiger partial charge in [0.2, 0.25) is 0 Å². The Morgan fingerprint density at radius 1 is 1.47 bits per heavy atom. The standard InChI is InChI=1S/C14H22N2S/c1-14(2)7-12(15)11-3-5-16(13(11)8-14)10-4-6-17-9-10/h3,5,10,12H,4,6-9,15H2,1-2H3. The van der Waals surface area contributed by atoms with Crippen molar-refractivity contribution >= 4 is 11.8 Å². The van der Waals surface area contributed by atoms with Gasteiger partial charge < -0.3 is 10.3 Å². The smallest absolute Gasteiger partial charge is 0.0431 e. The summed E-state index contributed by atoms with van der Waals surface area (Å²) in [5.41, 5.74) is 9.59. The average Bonchev–Trinajstić information content (AvgIpc) is 2.82. The van der Waals surface area contributed by atoms with Gasteiger partial charge in [0.25, 0.3) is 0 Å². The molecule has 1 fully saturated rings. The fraction of sp³-hybridized carbons (Fsp3) is 0.714. The molecule has 2 aliphatic rings. The van der Waals surface area contributed by atoms with Gasteiger partial charge in [0.15, 0.2) is 0 Å². The monoisotopic (exact) mass is 250 g/mol. The Bertz CT molecular complexity index is 416. The molecule has 3 heteroatoms. The first-order valence-electron chi connectivity index (χ1n) is 6.60. The van der Waals surface area contributed by atoms with Crippen LogP contribution in [0.15, 0.2) is 12.3 Å². The molecule has 2 unspecified atom stereocenters. The predicted octanol–water partition coefficient (Wildman–Crippen LogP) is 3.14. The second kappa shape index (κ2) is 4.06. The topological polar surface area (TPSA) is 30.9 Å². The summed E-state index contributed by atoms with van der Waals surface area (Å²) in [7, 11) is 0. The molecular formula is C14H22N2S. The van der Waals surface area contributed by atoms with Gasteiger partial charge in [-0.2, -0.15) is 11.8 Å². The van der Waals surface area contributed by atoms with E-state index in [0.717, 1.165) is 6.42 Å². The van der Waals surface area contributed by atoms with Gasteiger partial charge in [-0.15, -0.1) is 0 Å². The maximum Gasteiger partial charge on any atom is 0.0431 e. The molecule has 1 aromatic rings. The summed E-state index contributed by atoms with van der Waals surface area (Å²) in [4.78, 5) is 0. The molecule has 0 bridgehead atoms. The Balaban J connectivity index is 1.98. The van der Waals surface area contributed by atoms with Crippen LogP contribution >= 0.6 is 11.8 Å². The van der Waals surface area contributed by atoms with Gasteiger partial charge >= 0.3 is 0 Å². The number of aromatic nitrogens is 1. The zero-order valence-electron chi connectivity index (χ0n) is 10.8. The van der Waals surface area contributed by atoms with Gasteiger partial charge in [-0.05, 0) is 42.1 Å². The molecule has 3 rings (SSSR count). The van der Waals surface area contributed by atoms with E-state index in [0.29, 0.717) is 11.5 Å². The molecule has 0 radical (unpaired) electrons. The first kappa shape index (κ1) is 11.7. The minimum Gasteiger partial charge on any atom is -0.347 e. The van der Waals surface area contributed by atoms with Crippen LogP contribution in [0.5, 0.6) is 0 Å². The maximum atomic E-state index is 6.32. The third kappa shape index (κ3) is 2.04. The van der Waals surface area contributed by atoms with Crippen molar-refractivity contribution in [3.05, 3.63) is 23.5 Å². The average molecular weight is 250 g/mol. The minimum atomic E-state index is 0.240. The van der Waals surface area contributed by atoms with Crippen LogP contribution in [-0.2, 0) is 6.42 Å². The molecule has 2 N–H and O–H groups in total. The van der Waals surface area contributed by atoms with E-state index in [-0.39, 0.29) is 6.04 Å². The molecule has 1 aromatic heterocycles. The van der Waals surface area contributed by atoms with Gasteiger partial charge in [-0.25, -0.2) is 0 Å². The van der Waals surface area contributed by atoms with E-state index in [2.05, 4.69) is 42.4 Å². The van der Waals surface area contributed by atoms with Crippen molar-refractivity contribution in [2.45, 2.75) is 45.2 Å². The Hall–Kier alpha value is -0.410. The summed E-state index contributed by atoms with van der Waals surface area (Å²) in [6.07, 6.45) is 5.90. The number of nitrogens with two attached hydrogens (primary N) is 1. The van der Waals surface area contributed by atoms with Crippen LogP contribution in [0, 0.1) is 5.41 Å². The SMILES string of the molecule is CC1(C)Cc2c(ccn2C2CCSC2)C(N)C1. The maximum absolute atomic E-state index is 6.32. The summed E-state index contributed by atoms with van der Waals surface area (Å²) in [5.74, 6) is 2.59. The molecule has 2 nitrogen and oxygen atoms in total. The van der Waals surface area contributed by atoms with Gasteiger partial charge in [-0.1, -0.05) is 13.8 Å². The van der Waals surface area contributed by atoms with Gasteiger partial charge in [-0.3, -0.25) is 0 Å². The number of nitrogens with zero attached hydrogens (tertiary/aromatic N) is 1. The molecule has 1 aliphatic heterocycles. The third-order valence-corrected chi connectivity index (χ3v) is 5.32. The van der Waals surface area contributed by atoms with Crippen LogP contribution in [0.3, 0.4) is 0 Å². The van der Waals surface area contributed by atoms with Gasteiger partial charge in [0.05, 0.1) is 0 Å². The highest BCUT2D eigenvalue weighted by molar-refractivity contribution is 7.99. The lowest BCUT2D eigenvalue weighted by Crippen LogP contribution is -2.31. The number of hydrogen-bond donors (Lipinski definition) is 1. The van der Waals surface area contributed by atoms with E-state index in [1.807, 2.05) is 0 Å². The molecule has 2 atom stereocenters. The van der Waals surface area contributed by atoms with Crippen molar-refractivity contribution in [3.63, 3.8) is 0 Å². The number of hydrogen-bond acceptors (Lipinski definition) is 2. The molecule has 0 spiro atoms. The Morgan fingerprint density at radius 2 is 2.29 bits per heavy atom. The van der Waals surface area contributed by atoms with E-state index in [1.54, 1.807) is 0 Å². The first-order chi connectivity index (χ1) is 8.07. The normalized spacial score (nSPS) is 31.5. The van der Waals surface area contributed by atoms with Crippen molar-refractivity contribution in [3.8, 4) is 0 Å². The summed E-state index contributed by atoms with van der Waals surface area (Å²) in [5, 5.41) is 0. The number of fused-ring (bicyclic) bond motifs is 1. The molecular weight excluding hydrogens is 228 g/mol. The Kier molecular flexibility index (Phi) is 2.79. The van der Waals surface area contributed by atoms with Crippen LogP contribution in [-0.4, -0.2) is 16.1 Å². The van der Waals surface area contributed by atoms with Gasteiger partial charge in [0.1, 0.15) is 0 Å². The highest BCUT2D eigenvalue weighted by atomic mass is 32.2. The molecule has 0 saturated carbocycles. The zero-order valence-corrected chi connectivity index (χ0v) is 11.6. The molecule has 1 aliphatic carbocycles. The lowest BCUT2D eigenvalue weighted by molar-refractivity contribution is 0.272. The van der Waals surface area contributed by atoms with E-state index < -0.39 is 0 Å². The fourth-order valence-electron chi connectivity index (χ4n) is 3.34. The van der Waals surface area contributed by atoms with Gasteiger partial charge in [0, 0.05) is 29.7 Å². The third-order valence-electron chi connectivity index (χ3n) is 4.18. The molecule has 94 valence electrons. The van der Waals surface area contributed by atoms with E-state index in [9.17, 15) is 0 Å². The van der Waals surface area contributed by atoms with Crippen molar-refractivity contribution in [1.29, 1.82) is 0 Å². The van der Waals surface area contributed by atoms with Crippen LogP contribution in [0.25, 0.3) is 0 Å². The predicted molar refractivity (Wildman–Crippen MR) is 74.4 cm³/mol. The van der Waals surface area contributed by atoms with Crippen LogP contribution in [0.2, 0.25) is 0 Å². The summed E-state index contributed by atoms with van der Waals surface area (Å²) in [6.45, 7) is 4.69. The summed E-state index contributed by atoms with van der Waals surface area (Å²) >= 11 is 2.08. The number of rotatable bonds is 1. The summed E-state index contributed by atoms with van der Waals surface area (Å²) in [6, 6.07) is 3.21. The van der Waals surface area contributed by atoms with Crippen molar-refractivity contribution in [1.82, 2.24) is 4.57 Å². The minimum absolute atomic E-state index is 0.240. The van der Waals surface area contributed by atoms with E-state index >= 15 is 0 Å². The molecule has 0 aromatic carbocycles. The van der Waals surface area contributed by atoms with Crippen LogP contribution in [0.1, 0.15) is 50.0 Å². The van der Waals surface area contributed by atoms with Crippen molar-refractivity contribution in [2.75, 3.05) is 11.5 Å². The second-order valence-electron chi connectivity index (χ2n) is 6.29. The Labute approximate surface area is 108 Å². The highest BCUT2D eigenvalue weighted by Crippen LogP contribution is 2.42. The fourth-order valence-corrected chi connectivity index (χ4v) is 4.55. The summed E-state index contributed by atoms with van der Waals surface area (Å²) < 4.78 is 2.52. The second-order valence-corrected chi connectivity index (χ2v) is 7.44. The van der Waals surface area contributed by atoms with E-state index in [1.165, 1.54) is 35.6 Å². The molecule has 0 amide bonds. The van der Waals surface area contributed by atoms with Crippen molar-refractivity contribution < 1.29 is 0 Å². The van der Waals surface area contributed by atoms with E-state index in [4.69, 9.17) is 5.73 Å². The lowest BCUT2D eigenvalue weighted by Gasteiger charge is -2.35. The van der Waals surface area contributed by atoms with Crippen LogP contribution in [0.4, 0.5) is 0 Å². The highest BCUT2D eigenvalue weighted by Gasteiger charge is 2.33. The van der Waals surface area contributed by atoms with Crippen molar-refractivity contribution in [2.24, 2.45) is 11.1 Å². The lowest BCUT2D eigenvalue weighted by atomic mass is 9.74. The molecule has 17 heavy (non-hydrogen) atoms. The largest absolute Gasteiger partial charge is 0.347 e. The van der Waals surface area contributed by atoms with Crippen LogP contribution < -0.4 is 5.73 Å². The Morgan fingerprint density at radius 3 is 3.00 bits per heavy atom. The number of thioether (sulfide) groups is 1.